The second-order valence-electron chi connectivity index (χ2n) is 8.28. The average molecular weight is 575 g/mol. The first-order valence-corrected chi connectivity index (χ1v) is 13.0. The monoisotopic (exact) mass is 573 g/mol. The number of thiocarbonyl (C=S) groups is 1. The molecule has 0 bridgehead atoms. The maximum Gasteiger partial charge on any atom is 0.174 e. The van der Waals surface area contributed by atoms with Crippen LogP contribution in [0.2, 0.25) is 15.1 Å². The fourth-order valence-corrected chi connectivity index (χ4v) is 5.10. The largest absolute Gasteiger partial charge is 0.490 e. The molecule has 2 unspecified atom stereocenters. The number of hydrogen-bond donors (Lipinski definition) is 1. The maximum atomic E-state index is 6.58. The van der Waals surface area contributed by atoms with Gasteiger partial charge in [-0.25, -0.2) is 0 Å². The summed E-state index contributed by atoms with van der Waals surface area (Å²) in [5.41, 5.74) is 2.43. The molecule has 37 heavy (non-hydrogen) atoms. The molecule has 1 aliphatic rings. The molecule has 4 aromatic rings. The van der Waals surface area contributed by atoms with Crippen molar-refractivity contribution in [3.05, 3.63) is 99.4 Å². The van der Waals surface area contributed by atoms with E-state index in [0.717, 1.165) is 16.9 Å². The third-order valence-electron chi connectivity index (χ3n) is 5.96. The number of halogens is 3. The summed E-state index contributed by atoms with van der Waals surface area (Å²) < 4.78 is 17.2. The number of furan rings is 1. The molecule has 0 saturated carbocycles. The van der Waals surface area contributed by atoms with Crippen molar-refractivity contribution in [3.63, 3.8) is 0 Å². The van der Waals surface area contributed by atoms with Gasteiger partial charge < -0.3 is 24.1 Å². The van der Waals surface area contributed by atoms with Gasteiger partial charge in [-0.1, -0.05) is 40.9 Å². The summed E-state index contributed by atoms with van der Waals surface area (Å²) in [6.45, 7) is 0.860. The van der Waals surface area contributed by atoms with Gasteiger partial charge in [0.2, 0.25) is 0 Å². The summed E-state index contributed by atoms with van der Waals surface area (Å²) in [5.74, 6) is 1.92. The normalized spacial score (nSPS) is 17.2. The quantitative estimate of drug-likeness (QED) is 0.173. The van der Waals surface area contributed by atoms with Crippen molar-refractivity contribution in [2.24, 2.45) is 0 Å². The van der Waals surface area contributed by atoms with Crippen LogP contribution >= 0.6 is 47.0 Å². The van der Waals surface area contributed by atoms with Crippen molar-refractivity contribution in [2.45, 2.75) is 12.1 Å². The van der Waals surface area contributed by atoms with Crippen molar-refractivity contribution in [1.82, 2.24) is 10.3 Å². The lowest BCUT2D eigenvalue weighted by atomic mass is 10.0. The first-order valence-electron chi connectivity index (χ1n) is 11.4. The van der Waals surface area contributed by atoms with Crippen LogP contribution in [-0.4, -0.2) is 30.4 Å². The Balaban J connectivity index is 1.53. The smallest absolute Gasteiger partial charge is 0.174 e. The zero-order chi connectivity index (χ0) is 25.9. The molecule has 3 heterocycles. The molecule has 1 saturated heterocycles. The van der Waals surface area contributed by atoms with Gasteiger partial charge in [0, 0.05) is 24.6 Å². The molecule has 2 aromatic heterocycles. The third kappa shape index (κ3) is 5.42. The van der Waals surface area contributed by atoms with Gasteiger partial charge in [0.15, 0.2) is 5.11 Å². The second kappa shape index (κ2) is 11.3. The van der Waals surface area contributed by atoms with E-state index in [1.165, 1.54) is 0 Å². The first-order chi connectivity index (χ1) is 18.0. The molecule has 1 aliphatic heterocycles. The summed E-state index contributed by atoms with van der Waals surface area (Å²) in [6, 6.07) is 20.0. The highest BCUT2D eigenvalue weighted by molar-refractivity contribution is 7.80. The van der Waals surface area contributed by atoms with E-state index in [1.807, 2.05) is 59.5 Å². The number of pyridine rings is 1. The van der Waals surface area contributed by atoms with Gasteiger partial charge in [0.05, 0.1) is 33.4 Å². The van der Waals surface area contributed by atoms with Gasteiger partial charge >= 0.3 is 0 Å². The maximum absolute atomic E-state index is 6.58. The van der Waals surface area contributed by atoms with Gasteiger partial charge in [-0.05, 0) is 72.9 Å². The van der Waals surface area contributed by atoms with E-state index in [0.29, 0.717) is 50.7 Å². The van der Waals surface area contributed by atoms with Crippen molar-refractivity contribution < 1.29 is 13.9 Å². The van der Waals surface area contributed by atoms with Crippen LogP contribution in [0, 0.1) is 0 Å². The van der Waals surface area contributed by atoms with E-state index in [2.05, 4.69) is 10.3 Å². The molecule has 190 valence electrons. The number of rotatable bonds is 8. The Labute approximate surface area is 235 Å². The van der Waals surface area contributed by atoms with Gasteiger partial charge in [0.1, 0.15) is 29.9 Å². The Morgan fingerprint density at radius 2 is 1.84 bits per heavy atom. The number of methoxy groups -OCH3 is 1. The zero-order valence-corrected chi connectivity index (χ0v) is 22.7. The van der Waals surface area contributed by atoms with Gasteiger partial charge in [-0.3, -0.25) is 4.98 Å². The van der Waals surface area contributed by atoms with Crippen LogP contribution in [0.15, 0.2) is 77.3 Å². The molecule has 10 heteroatoms. The summed E-state index contributed by atoms with van der Waals surface area (Å²) in [7, 11) is 1.62. The molecule has 0 spiro atoms. The van der Waals surface area contributed by atoms with Crippen LogP contribution < -0.4 is 15.0 Å². The van der Waals surface area contributed by atoms with E-state index in [1.54, 1.807) is 25.4 Å². The lowest BCUT2D eigenvalue weighted by molar-refractivity contribution is 0.146. The van der Waals surface area contributed by atoms with Gasteiger partial charge in [-0.2, -0.15) is 0 Å². The Kier molecular flexibility index (Phi) is 7.88. The van der Waals surface area contributed by atoms with Crippen LogP contribution in [0.5, 0.6) is 5.75 Å². The molecule has 0 amide bonds. The Morgan fingerprint density at radius 3 is 2.57 bits per heavy atom. The highest BCUT2D eigenvalue weighted by Gasteiger charge is 2.42. The van der Waals surface area contributed by atoms with Crippen LogP contribution in [0.4, 0.5) is 5.69 Å². The predicted molar refractivity (Wildman–Crippen MR) is 151 cm³/mol. The van der Waals surface area contributed by atoms with Crippen molar-refractivity contribution in [2.75, 3.05) is 25.2 Å². The molecule has 0 aliphatic carbocycles. The zero-order valence-electron chi connectivity index (χ0n) is 19.7. The highest BCUT2D eigenvalue weighted by atomic mass is 35.5. The first kappa shape index (κ1) is 25.8. The predicted octanol–water partition coefficient (Wildman–Crippen LogP) is 7.50. The minimum absolute atomic E-state index is 0.266. The topological polar surface area (TPSA) is 59.8 Å². The standard InChI is InChI=1S/C27H22Cl3N3O3S/c1-34-12-13-35-23-8-6-17(15-20(23)30)33-26(25(32-27(33)37)21-4-2-3-11-31-21)24-10-9-22(36-24)16-5-7-18(28)19(29)14-16/h2-11,14-15,25-26H,12-13H2,1H3,(H,32,37). The van der Waals surface area contributed by atoms with Crippen molar-refractivity contribution in [3.8, 4) is 17.1 Å². The fraction of sp³-hybridized carbons (Fsp3) is 0.185. The number of benzene rings is 2. The van der Waals surface area contributed by atoms with Gasteiger partial charge in [0.25, 0.3) is 0 Å². The molecular formula is C27H22Cl3N3O3S. The molecule has 2 aromatic carbocycles. The summed E-state index contributed by atoms with van der Waals surface area (Å²) in [6.07, 6.45) is 1.76. The summed E-state index contributed by atoms with van der Waals surface area (Å²) in [4.78, 5) is 6.56. The molecule has 0 radical (unpaired) electrons. The van der Waals surface area contributed by atoms with Crippen LogP contribution in [-0.2, 0) is 4.74 Å². The molecule has 5 rings (SSSR count). The summed E-state index contributed by atoms with van der Waals surface area (Å²) >= 11 is 24.7. The number of aromatic nitrogens is 1. The average Bonchev–Trinajstić information content (AvgIpc) is 3.52. The second-order valence-corrected chi connectivity index (χ2v) is 9.89. The van der Waals surface area contributed by atoms with E-state index < -0.39 is 0 Å². The number of nitrogens with zero attached hydrogens (tertiary/aromatic N) is 2. The molecular weight excluding hydrogens is 553 g/mol. The Morgan fingerprint density at radius 1 is 0.973 bits per heavy atom. The van der Waals surface area contributed by atoms with E-state index in [4.69, 9.17) is 60.9 Å². The lowest BCUT2D eigenvalue weighted by Crippen LogP contribution is -2.29. The van der Waals surface area contributed by atoms with Gasteiger partial charge in [-0.15, -0.1) is 0 Å². The van der Waals surface area contributed by atoms with E-state index >= 15 is 0 Å². The van der Waals surface area contributed by atoms with Crippen molar-refractivity contribution >= 4 is 57.8 Å². The SMILES string of the molecule is COCCOc1ccc(N2C(=S)NC(c3ccccn3)C2c2ccc(-c3ccc(Cl)c(Cl)c3)o2)cc1Cl. The molecule has 2 atom stereocenters. The number of anilines is 1. The summed E-state index contributed by atoms with van der Waals surface area (Å²) in [5, 5.41) is 5.34. The highest BCUT2D eigenvalue weighted by Crippen LogP contribution is 2.44. The minimum atomic E-state index is -0.338. The third-order valence-corrected chi connectivity index (χ3v) is 7.31. The van der Waals surface area contributed by atoms with Crippen molar-refractivity contribution in [1.29, 1.82) is 0 Å². The van der Waals surface area contributed by atoms with Crippen LogP contribution in [0.25, 0.3) is 11.3 Å². The molecule has 1 N–H and O–H groups in total. The van der Waals surface area contributed by atoms with E-state index in [-0.39, 0.29) is 12.1 Å². The Bertz CT molecular complexity index is 1420. The molecule has 6 nitrogen and oxygen atoms in total. The van der Waals surface area contributed by atoms with Crippen LogP contribution in [0.1, 0.15) is 23.5 Å². The molecule has 1 fully saturated rings. The fourth-order valence-electron chi connectivity index (χ4n) is 4.23. The number of nitrogens with one attached hydrogen (secondary N) is 1. The number of ether oxygens (including phenoxy) is 2. The van der Waals surface area contributed by atoms with E-state index in [9.17, 15) is 0 Å². The van der Waals surface area contributed by atoms with Crippen LogP contribution in [0.3, 0.4) is 0 Å². The minimum Gasteiger partial charge on any atom is -0.490 e. The number of hydrogen-bond acceptors (Lipinski definition) is 5. The Hall–Kier alpha value is -2.81. The lowest BCUT2D eigenvalue weighted by Gasteiger charge is -2.26.